The van der Waals surface area contributed by atoms with Gasteiger partial charge in [-0.3, -0.25) is 19.5 Å². The number of Topliss-reactive ketones (excluding diaryl/α,β-unsaturated/α-hetero) is 2. The predicted molar refractivity (Wildman–Crippen MR) is 153 cm³/mol. The van der Waals surface area contributed by atoms with Gasteiger partial charge in [-0.05, 0) is 60.5 Å². The van der Waals surface area contributed by atoms with Crippen LogP contribution in [-0.2, 0) is 36.9 Å². The van der Waals surface area contributed by atoms with Crippen molar-refractivity contribution in [3.63, 3.8) is 0 Å². The van der Waals surface area contributed by atoms with Crippen molar-refractivity contribution in [2.75, 3.05) is 38.5 Å². The number of anilines is 1. The number of hydrogen-bond acceptors (Lipinski definition) is 6. The van der Waals surface area contributed by atoms with Gasteiger partial charge in [0.1, 0.15) is 5.82 Å². The maximum atomic E-state index is 14.7. The van der Waals surface area contributed by atoms with Crippen molar-refractivity contribution in [2.24, 2.45) is 0 Å². The Morgan fingerprint density at radius 1 is 1.00 bits per heavy atom. The molecule has 10 heteroatoms. The third-order valence-corrected chi connectivity index (χ3v) is 7.83. The van der Waals surface area contributed by atoms with E-state index in [-0.39, 0.29) is 35.4 Å². The summed E-state index contributed by atoms with van der Waals surface area (Å²) in [6, 6.07) is 9.93. The smallest absolute Gasteiger partial charge is 0.380 e. The first kappa shape index (κ1) is 29.6. The van der Waals surface area contributed by atoms with Gasteiger partial charge in [-0.1, -0.05) is 24.3 Å². The van der Waals surface area contributed by atoms with Crippen LogP contribution in [0.5, 0.6) is 0 Å². The average Bonchev–Trinajstić information content (AvgIpc) is 3.38. The van der Waals surface area contributed by atoms with Crippen LogP contribution in [0.3, 0.4) is 0 Å². The van der Waals surface area contributed by atoms with Crippen LogP contribution in [0.4, 0.5) is 23.2 Å². The van der Waals surface area contributed by atoms with E-state index in [9.17, 15) is 27.2 Å². The molecule has 42 heavy (non-hydrogen) atoms. The van der Waals surface area contributed by atoms with Crippen LogP contribution in [0.15, 0.2) is 54.2 Å². The van der Waals surface area contributed by atoms with E-state index < -0.39 is 23.3 Å². The molecule has 5 rings (SSSR count). The zero-order valence-corrected chi connectivity index (χ0v) is 23.5. The first-order valence-corrected chi connectivity index (χ1v) is 13.8. The number of halogens is 4. The molecular weight excluding hydrogens is 548 g/mol. The van der Waals surface area contributed by atoms with Gasteiger partial charge >= 0.3 is 6.18 Å². The van der Waals surface area contributed by atoms with E-state index in [0.29, 0.717) is 42.9 Å². The van der Waals surface area contributed by atoms with Crippen LogP contribution in [-0.4, -0.2) is 59.6 Å². The Bertz CT molecular complexity index is 1540. The summed E-state index contributed by atoms with van der Waals surface area (Å²) in [5, 5.41) is 3.22. The van der Waals surface area contributed by atoms with Gasteiger partial charge in [-0.25, -0.2) is 4.39 Å². The fraction of sp³-hybridized carbons (Fsp3) is 0.344. The van der Waals surface area contributed by atoms with Gasteiger partial charge in [0.2, 0.25) is 0 Å². The van der Waals surface area contributed by atoms with Crippen LogP contribution < -0.4 is 5.32 Å². The largest absolute Gasteiger partial charge is 0.416 e. The highest BCUT2D eigenvalue weighted by molar-refractivity contribution is 6.00. The molecule has 0 unspecified atom stereocenters. The summed E-state index contributed by atoms with van der Waals surface area (Å²) < 4.78 is 56.6. The number of nitrogens with one attached hydrogen (secondary N) is 1. The summed E-state index contributed by atoms with van der Waals surface area (Å²) in [4.78, 5) is 33.2. The van der Waals surface area contributed by atoms with E-state index in [1.54, 1.807) is 18.3 Å². The highest BCUT2D eigenvalue weighted by Crippen LogP contribution is 2.34. The van der Waals surface area contributed by atoms with Gasteiger partial charge in [-0.2, -0.15) is 13.2 Å². The Morgan fingerprint density at radius 2 is 1.76 bits per heavy atom. The van der Waals surface area contributed by atoms with Crippen molar-refractivity contribution in [2.45, 2.75) is 39.0 Å². The van der Waals surface area contributed by atoms with Crippen molar-refractivity contribution in [1.82, 2.24) is 14.8 Å². The Kier molecular flexibility index (Phi) is 8.56. The Labute approximate surface area is 242 Å². The SMILES string of the molecule is CC(=O)C1=Cc2cc(NCc3ccc(F)c(CC(=O)c4ccc(CN5CCN(C)CC5)c(C(F)(F)F)c4)c3)cnc2C1. The zero-order chi connectivity index (χ0) is 30.0. The summed E-state index contributed by atoms with van der Waals surface area (Å²) in [6.07, 6.45) is -1.00. The number of carbonyl (C=O) groups excluding carboxylic acids is 2. The lowest BCUT2D eigenvalue weighted by Gasteiger charge is -2.33. The maximum Gasteiger partial charge on any atom is 0.416 e. The van der Waals surface area contributed by atoms with E-state index in [1.165, 1.54) is 25.1 Å². The van der Waals surface area contributed by atoms with Crippen LogP contribution in [0.1, 0.15) is 50.8 Å². The van der Waals surface area contributed by atoms with E-state index in [0.717, 1.165) is 30.4 Å². The molecular formula is C32H32F4N4O2. The fourth-order valence-corrected chi connectivity index (χ4v) is 5.28. The van der Waals surface area contributed by atoms with Crippen molar-refractivity contribution in [3.05, 3.63) is 99.1 Å². The summed E-state index contributed by atoms with van der Waals surface area (Å²) in [7, 11) is 1.98. The van der Waals surface area contributed by atoms with Crippen molar-refractivity contribution >= 4 is 23.3 Å². The molecule has 1 N–H and O–H groups in total. The molecule has 2 aromatic carbocycles. The first-order chi connectivity index (χ1) is 20.0. The minimum atomic E-state index is -4.62. The third kappa shape index (κ3) is 6.94. The molecule has 1 fully saturated rings. The minimum Gasteiger partial charge on any atom is -0.380 e. The Morgan fingerprint density at radius 3 is 2.48 bits per heavy atom. The molecule has 1 saturated heterocycles. The average molecular weight is 581 g/mol. The fourth-order valence-electron chi connectivity index (χ4n) is 5.28. The number of ketones is 2. The monoisotopic (exact) mass is 580 g/mol. The van der Waals surface area contributed by atoms with Gasteiger partial charge in [-0.15, -0.1) is 0 Å². The van der Waals surface area contributed by atoms with Crippen LogP contribution >= 0.6 is 0 Å². The summed E-state index contributed by atoms with van der Waals surface area (Å²) in [5.74, 6) is -1.19. The van der Waals surface area contributed by atoms with Crippen LogP contribution in [0.2, 0.25) is 0 Å². The second-order valence-corrected chi connectivity index (χ2v) is 11.0. The predicted octanol–water partition coefficient (Wildman–Crippen LogP) is 5.55. The second-order valence-electron chi connectivity index (χ2n) is 11.0. The molecule has 3 aromatic rings. The molecule has 0 spiro atoms. The number of allylic oxidation sites excluding steroid dienone is 1. The third-order valence-electron chi connectivity index (χ3n) is 7.83. The van der Waals surface area contributed by atoms with Crippen molar-refractivity contribution < 1.29 is 27.2 Å². The van der Waals surface area contributed by atoms with Crippen LogP contribution in [0.25, 0.3) is 6.08 Å². The number of fused-ring (bicyclic) bond motifs is 1. The number of nitrogens with zero attached hydrogens (tertiary/aromatic N) is 3. The number of hydrogen-bond donors (Lipinski definition) is 1. The number of piperazine rings is 1. The molecule has 1 aliphatic heterocycles. The lowest BCUT2D eigenvalue weighted by atomic mass is 9.96. The molecule has 0 amide bonds. The number of aromatic nitrogens is 1. The topological polar surface area (TPSA) is 65.5 Å². The molecule has 0 bridgehead atoms. The van der Waals surface area contributed by atoms with Gasteiger partial charge in [0, 0.05) is 63.2 Å². The van der Waals surface area contributed by atoms with Crippen LogP contribution in [0, 0.1) is 5.82 Å². The van der Waals surface area contributed by atoms with Crippen molar-refractivity contribution in [3.8, 4) is 0 Å². The van der Waals surface area contributed by atoms with Gasteiger partial charge in [0.15, 0.2) is 11.6 Å². The van der Waals surface area contributed by atoms with E-state index in [2.05, 4.69) is 15.2 Å². The Balaban J connectivity index is 1.27. The van der Waals surface area contributed by atoms with Gasteiger partial charge < -0.3 is 10.2 Å². The standard InChI is InChI=1S/C32H32F4N4O2/c1-20(41)24-12-26-13-27(18-38-30(26)15-24)37-17-21-3-6-29(33)25(11-21)16-31(42)22-4-5-23(28(14-22)32(34,35)36)19-40-9-7-39(2)8-10-40/h3-6,11-14,18,37H,7-10,15-17,19H2,1-2H3. The molecule has 0 atom stereocenters. The first-order valence-electron chi connectivity index (χ1n) is 13.8. The molecule has 1 aromatic heterocycles. The molecule has 2 aliphatic rings. The van der Waals surface area contributed by atoms with E-state index in [4.69, 9.17) is 0 Å². The number of carbonyl (C=O) groups is 2. The summed E-state index contributed by atoms with van der Waals surface area (Å²) >= 11 is 0. The molecule has 0 radical (unpaired) electrons. The Hall–Kier alpha value is -3.89. The van der Waals surface area contributed by atoms with Gasteiger partial charge in [0.25, 0.3) is 0 Å². The van der Waals surface area contributed by atoms with E-state index >= 15 is 0 Å². The van der Waals surface area contributed by atoms with Gasteiger partial charge in [0.05, 0.1) is 23.1 Å². The zero-order valence-electron chi connectivity index (χ0n) is 23.5. The lowest BCUT2D eigenvalue weighted by molar-refractivity contribution is -0.138. The number of benzene rings is 2. The number of pyridine rings is 1. The highest BCUT2D eigenvalue weighted by Gasteiger charge is 2.34. The van der Waals surface area contributed by atoms with Crippen molar-refractivity contribution in [1.29, 1.82) is 0 Å². The quantitative estimate of drug-likeness (QED) is 0.265. The molecule has 220 valence electrons. The highest BCUT2D eigenvalue weighted by atomic mass is 19.4. The number of rotatable bonds is 9. The molecule has 2 heterocycles. The lowest BCUT2D eigenvalue weighted by Crippen LogP contribution is -2.44. The number of alkyl halides is 3. The molecule has 6 nitrogen and oxygen atoms in total. The normalized spacial score (nSPS) is 15.8. The maximum absolute atomic E-state index is 14.7. The molecule has 1 aliphatic carbocycles. The molecule has 0 saturated carbocycles. The summed E-state index contributed by atoms with van der Waals surface area (Å²) in [5.41, 5.74) is 3.10. The summed E-state index contributed by atoms with van der Waals surface area (Å²) in [6.45, 7) is 4.87. The van der Waals surface area contributed by atoms with E-state index in [1.807, 2.05) is 24.1 Å². The minimum absolute atomic E-state index is 0.00660. The second kappa shape index (κ2) is 12.1. The number of likely N-dealkylation sites (N-methyl/N-ethyl adjacent to an activating group) is 1.